The molecule has 0 bridgehead atoms. The van der Waals surface area contributed by atoms with Gasteiger partial charge in [-0.25, -0.2) is 0 Å². The summed E-state index contributed by atoms with van der Waals surface area (Å²) in [7, 11) is 3.18. The summed E-state index contributed by atoms with van der Waals surface area (Å²) in [6, 6.07) is 8.68. The molecule has 0 amide bonds. The van der Waals surface area contributed by atoms with Crippen LogP contribution in [0.3, 0.4) is 0 Å². The van der Waals surface area contributed by atoms with Crippen LogP contribution in [0.4, 0.5) is 5.69 Å². The third-order valence-corrected chi connectivity index (χ3v) is 6.22. The average Bonchev–Trinajstić information content (AvgIpc) is 2.82. The molecule has 188 valence electrons. The molecule has 3 N–H and O–H groups in total. The molecule has 2 aromatic rings. The average molecular weight is 513 g/mol. The zero-order chi connectivity index (χ0) is 23.8. The highest BCUT2D eigenvalue weighted by molar-refractivity contribution is 6.33. The molecule has 0 aromatic heterocycles. The smallest absolute Gasteiger partial charge is 0.166 e. The second kappa shape index (κ2) is 13.6. The van der Waals surface area contributed by atoms with Crippen LogP contribution in [0.2, 0.25) is 5.02 Å². The SMILES string of the molecule is COc1cc(COc2cc(N)c(Cl)cc2C(=O)CCCCN2CCC(O)CC2)cc(OC)c1.Cl. The van der Waals surface area contributed by atoms with Gasteiger partial charge in [0.2, 0.25) is 0 Å². The van der Waals surface area contributed by atoms with Crippen molar-refractivity contribution in [3.05, 3.63) is 46.5 Å². The van der Waals surface area contributed by atoms with Crippen LogP contribution in [0.5, 0.6) is 17.2 Å². The topological polar surface area (TPSA) is 94.3 Å². The van der Waals surface area contributed by atoms with E-state index in [-0.39, 0.29) is 30.9 Å². The Kier molecular flexibility index (Phi) is 11.2. The van der Waals surface area contributed by atoms with Gasteiger partial charge in [0, 0.05) is 31.6 Å². The number of piperidine rings is 1. The van der Waals surface area contributed by atoms with Crippen LogP contribution < -0.4 is 19.9 Å². The number of likely N-dealkylation sites (tertiary alicyclic amines) is 1. The van der Waals surface area contributed by atoms with E-state index in [4.69, 9.17) is 31.5 Å². The first-order valence-electron chi connectivity index (χ1n) is 11.3. The van der Waals surface area contributed by atoms with Crippen molar-refractivity contribution < 1.29 is 24.1 Å². The van der Waals surface area contributed by atoms with Crippen LogP contribution in [0.25, 0.3) is 0 Å². The molecule has 1 fully saturated rings. The Balaban J connectivity index is 0.00000408. The molecular formula is C25H34Cl2N2O5. The highest BCUT2D eigenvalue weighted by Crippen LogP contribution is 2.32. The molecular weight excluding hydrogens is 479 g/mol. The van der Waals surface area contributed by atoms with E-state index in [0.717, 1.165) is 50.9 Å². The summed E-state index contributed by atoms with van der Waals surface area (Å²) in [6.45, 7) is 2.98. The fourth-order valence-corrected chi connectivity index (χ4v) is 4.08. The second-order valence-electron chi connectivity index (χ2n) is 8.33. The number of aliphatic hydroxyl groups excluding tert-OH is 1. The summed E-state index contributed by atoms with van der Waals surface area (Å²) >= 11 is 6.21. The van der Waals surface area contributed by atoms with Crippen molar-refractivity contribution in [3.63, 3.8) is 0 Å². The molecule has 1 aliphatic heterocycles. The van der Waals surface area contributed by atoms with E-state index in [0.29, 0.717) is 39.9 Å². The second-order valence-corrected chi connectivity index (χ2v) is 8.74. The van der Waals surface area contributed by atoms with Crippen LogP contribution in [0.15, 0.2) is 30.3 Å². The third-order valence-electron chi connectivity index (χ3n) is 5.89. The molecule has 0 radical (unpaired) electrons. The van der Waals surface area contributed by atoms with Gasteiger partial charge in [0.25, 0.3) is 0 Å². The van der Waals surface area contributed by atoms with E-state index in [1.807, 2.05) is 12.1 Å². The van der Waals surface area contributed by atoms with Crippen molar-refractivity contribution in [1.29, 1.82) is 0 Å². The van der Waals surface area contributed by atoms with Crippen molar-refractivity contribution in [2.75, 3.05) is 39.6 Å². The number of nitrogens with zero attached hydrogens (tertiary/aromatic N) is 1. The van der Waals surface area contributed by atoms with E-state index in [2.05, 4.69) is 4.90 Å². The highest BCUT2D eigenvalue weighted by atomic mass is 35.5. The van der Waals surface area contributed by atoms with Crippen LogP contribution in [-0.2, 0) is 6.61 Å². The van der Waals surface area contributed by atoms with Crippen LogP contribution in [-0.4, -0.2) is 55.7 Å². The highest BCUT2D eigenvalue weighted by Gasteiger charge is 2.18. The normalized spacial score (nSPS) is 14.4. The number of carbonyl (C=O) groups is 1. The lowest BCUT2D eigenvalue weighted by atomic mass is 10.0. The molecule has 0 atom stereocenters. The number of methoxy groups -OCH3 is 2. The number of carbonyl (C=O) groups excluding carboxylic acids is 1. The fourth-order valence-electron chi connectivity index (χ4n) is 3.92. The summed E-state index contributed by atoms with van der Waals surface area (Å²) in [5.41, 5.74) is 7.61. The van der Waals surface area contributed by atoms with Gasteiger partial charge < -0.3 is 30.0 Å². The lowest BCUT2D eigenvalue weighted by Crippen LogP contribution is -2.36. The number of benzene rings is 2. The van der Waals surface area contributed by atoms with Crippen molar-refractivity contribution in [1.82, 2.24) is 4.90 Å². The number of hydrogen-bond donors (Lipinski definition) is 2. The maximum atomic E-state index is 13.0. The summed E-state index contributed by atoms with van der Waals surface area (Å²) in [6.07, 6.45) is 3.57. The predicted octanol–water partition coefficient (Wildman–Crippen LogP) is 4.75. The van der Waals surface area contributed by atoms with Crippen molar-refractivity contribution in [3.8, 4) is 17.2 Å². The molecule has 0 unspecified atom stereocenters. The summed E-state index contributed by atoms with van der Waals surface area (Å²) in [5.74, 6) is 1.70. The van der Waals surface area contributed by atoms with Gasteiger partial charge in [-0.1, -0.05) is 11.6 Å². The minimum absolute atomic E-state index is 0. The number of nitrogens with two attached hydrogens (primary N) is 1. The minimum Gasteiger partial charge on any atom is -0.497 e. The maximum absolute atomic E-state index is 13.0. The number of unbranched alkanes of at least 4 members (excludes halogenated alkanes) is 1. The standard InChI is InChI=1S/C25H33ClN2O5.ClH/c1-31-19-11-17(12-20(13-19)32-2)16-33-25-15-23(27)22(26)14-21(25)24(30)5-3-4-8-28-9-6-18(29)7-10-28;/h11-15,18,29H,3-10,16,27H2,1-2H3;1H. The summed E-state index contributed by atoms with van der Waals surface area (Å²) < 4.78 is 16.6. The first kappa shape index (κ1) is 28.1. The zero-order valence-corrected chi connectivity index (χ0v) is 21.3. The van der Waals surface area contributed by atoms with Crippen LogP contribution >= 0.6 is 24.0 Å². The van der Waals surface area contributed by atoms with E-state index in [1.165, 1.54) is 0 Å². The van der Waals surface area contributed by atoms with Gasteiger partial charge >= 0.3 is 0 Å². The largest absolute Gasteiger partial charge is 0.497 e. The molecule has 1 saturated heterocycles. The van der Waals surface area contributed by atoms with E-state index in [1.54, 1.807) is 32.4 Å². The quantitative estimate of drug-likeness (QED) is 0.254. The summed E-state index contributed by atoms with van der Waals surface area (Å²) in [5, 5.41) is 9.95. The third kappa shape index (κ3) is 7.94. The van der Waals surface area contributed by atoms with Crippen molar-refractivity contribution in [2.24, 2.45) is 0 Å². The number of anilines is 1. The molecule has 7 nitrogen and oxygen atoms in total. The van der Waals surface area contributed by atoms with Gasteiger partial charge in [-0.15, -0.1) is 12.4 Å². The first-order valence-corrected chi connectivity index (χ1v) is 11.6. The lowest BCUT2D eigenvalue weighted by Gasteiger charge is -2.29. The molecule has 1 heterocycles. The van der Waals surface area contributed by atoms with Crippen molar-refractivity contribution >= 4 is 35.5 Å². The Morgan fingerprint density at radius 2 is 1.74 bits per heavy atom. The number of halogens is 2. The number of Topliss-reactive ketones (excluding diaryl/α,β-unsaturated/α-hetero) is 1. The van der Waals surface area contributed by atoms with Gasteiger partial charge in [-0.2, -0.15) is 0 Å². The van der Waals surface area contributed by atoms with Crippen LogP contribution in [0.1, 0.15) is 48.0 Å². The number of ketones is 1. The number of hydrogen-bond acceptors (Lipinski definition) is 7. The Bertz CT molecular complexity index is 927. The number of aliphatic hydroxyl groups is 1. The first-order chi connectivity index (χ1) is 15.9. The monoisotopic (exact) mass is 512 g/mol. The molecule has 34 heavy (non-hydrogen) atoms. The number of rotatable bonds is 11. The lowest BCUT2D eigenvalue weighted by molar-refractivity contribution is 0.0814. The van der Waals surface area contributed by atoms with Crippen molar-refractivity contribution in [2.45, 2.75) is 44.8 Å². The number of nitrogen functional groups attached to an aromatic ring is 1. The minimum atomic E-state index is -0.172. The van der Waals surface area contributed by atoms with E-state index < -0.39 is 0 Å². The molecule has 3 rings (SSSR count). The van der Waals surface area contributed by atoms with Gasteiger partial charge in [-0.3, -0.25) is 4.79 Å². The van der Waals surface area contributed by atoms with Gasteiger partial charge in [0.05, 0.1) is 36.6 Å². The van der Waals surface area contributed by atoms with E-state index in [9.17, 15) is 9.90 Å². The summed E-state index contributed by atoms with van der Waals surface area (Å²) in [4.78, 5) is 15.3. The fraction of sp³-hybridized carbons (Fsp3) is 0.480. The van der Waals surface area contributed by atoms with Gasteiger partial charge in [0.15, 0.2) is 5.78 Å². The molecule has 1 aliphatic rings. The zero-order valence-electron chi connectivity index (χ0n) is 19.7. The Labute approximate surface area is 212 Å². The molecule has 0 spiro atoms. The Morgan fingerprint density at radius 1 is 1.09 bits per heavy atom. The molecule has 0 saturated carbocycles. The Hall–Kier alpha value is -2.19. The Morgan fingerprint density at radius 3 is 2.35 bits per heavy atom. The van der Waals surface area contributed by atoms with Crippen LogP contribution in [0, 0.1) is 0 Å². The predicted molar refractivity (Wildman–Crippen MR) is 137 cm³/mol. The molecule has 0 aliphatic carbocycles. The number of ether oxygens (including phenoxy) is 3. The molecule has 9 heteroatoms. The molecule has 2 aromatic carbocycles. The van der Waals surface area contributed by atoms with Gasteiger partial charge in [-0.05, 0) is 56.0 Å². The maximum Gasteiger partial charge on any atom is 0.166 e. The van der Waals surface area contributed by atoms with E-state index >= 15 is 0 Å². The van der Waals surface area contributed by atoms with Gasteiger partial charge in [0.1, 0.15) is 23.9 Å².